The lowest BCUT2D eigenvalue weighted by Gasteiger charge is -2.38. The summed E-state index contributed by atoms with van der Waals surface area (Å²) in [5.41, 5.74) is 0.765. The molecule has 3 heterocycles. The van der Waals surface area contributed by atoms with E-state index >= 15 is 0 Å². The molecule has 0 saturated carbocycles. The van der Waals surface area contributed by atoms with E-state index in [1.165, 1.54) is 0 Å². The maximum Gasteiger partial charge on any atom is 0.322 e. The van der Waals surface area contributed by atoms with Crippen LogP contribution in [0.5, 0.6) is 0 Å². The molecule has 1 aromatic rings. The molecule has 7 heteroatoms. The second-order valence-corrected chi connectivity index (χ2v) is 6.98. The van der Waals surface area contributed by atoms with Crippen LogP contribution < -0.4 is 5.32 Å². The molecule has 0 spiro atoms. The van der Waals surface area contributed by atoms with Gasteiger partial charge in [-0.15, -0.1) is 0 Å². The normalized spacial score (nSPS) is 28.3. The average molecular weight is 335 g/mol. The molecule has 2 saturated heterocycles. The highest BCUT2D eigenvalue weighted by atomic mass is 16.5. The molecule has 0 radical (unpaired) electrons. The first kappa shape index (κ1) is 17.2. The van der Waals surface area contributed by atoms with Gasteiger partial charge in [0.2, 0.25) is 0 Å². The Morgan fingerprint density at radius 2 is 2.12 bits per heavy atom. The van der Waals surface area contributed by atoms with Gasteiger partial charge in [-0.05, 0) is 33.6 Å². The van der Waals surface area contributed by atoms with Crippen LogP contribution in [0, 0.1) is 0 Å². The molecule has 1 aromatic heterocycles. The minimum absolute atomic E-state index is 0.0116. The SMILES string of the molecule is CCn1cc(NC(=O)N2CCC[C@@H]2CN2C[C@H](C)O[C@@H](C)C2)cn1. The number of morpholine rings is 1. The fourth-order valence-corrected chi connectivity index (χ4v) is 3.82. The van der Waals surface area contributed by atoms with Crippen LogP contribution in [0.3, 0.4) is 0 Å². The molecule has 7 nitrogen and oxygen atoms in total. The van der Waals surface area contributed by atoms with Gasteiger partial charge in [-0.3, -0.25) is 9.58 Å². The van der Waals surface area contributed by atoms with Crippen LogP contribution in [-0.4, -0.2) is 70.0 Å². The van der Waals surface area contributed by atoms with Crippen LogP contribution in [0.25, 0.3) is 0 Å². The van der Waals surface area contributed by atoms with Crippen LogP contribution >= 0.6 is 0 Å². The van der Waals surface area contributed by atoms with Gasteiger partial charge in [-0.2, -0.15) is 5.10 Å². The average Bonchev–Trinajstić information content (AvgIpc) is 3.15. The van der Waals surface area contributed by atoms with Crippen LogP contribution in [0.15, 0.2) is 12.4 Å². The van der Waals surface area contributed by atoms with E-state index in [0.717, 1.165) is 51.3 Å². The highest BCUT2D eigenvalue weighted by Crippen LogP contribution is 2.21. The number of nitrogens with one attached hydrogen (secondary N) is 1. The maximum absolute atomic E-state index is 12.6. The van der Waals surface area contributed by atoms with E-state index in [-0.39, 0.29) is 24.3 Å². The molecule has 3 rings (SSSR count). The molecule has 0 unspecified atom stereocenters. The summed E-state index contributed by atoms with van der Waals surface area (Å²) >= 11 is 0. The van der Waals surface area contributed by atoms with Crippen molar-refractivity contribution in [3.05, 3.63) is 12.4 Å². The van der Waals surface area contributed by atoms with Crippen LogP contribution in [0.4, 0.5) is 10.5 Å². The summed E-state index contributed by atoms with van der Waals surface area (Å²) in [5.74, 6) is 0. The van der Waals surface area contributed by atoms with Crippen molar-refractivity contribution in [2.45, 2.75) is 58.4 Å². The van der Waals surface area contributed by atoms with Crippen molar-refractivity contribution in [2.75, 3.05) is 31.5 Å². The number of nitrogens with zero attached hydrogens (tertiary/aromatic N) is 4. The van der Waals surface area contributed by atoms with Crippen LogP contribution in [0.1, 0.15) is 33.6 Å². The molecule has 2 amide bonds. The molecule has 0 aliphatic carbocycles. The minimum atomic E-state index is -0.0116. The third kappa shape index (κ3) is 4.08. The number of aryl methyl sites for hydroxylation is 1. The zero-order valence-electron chi connectivity index (χ0n) is 14.9. The topological polar surface area (TPSA) is 62.6 Å². The number of amides is 2. The number of carbonyl (C=O) groups is 1. The fraction of sp³-hybridized carbons (Fsp3) is 0.765. The van der Waals surface area contributed by atoms with E-state index in [1.54, 1.807) is 6.20 Å². The third-order valence-corrected chi connectivity index (χ3v) is 4.81. The van der Waals surface area contributed by atoms with Gasteiger partial charge in [-0.1, -0.05) is 0 Å². The Bertz CT molecular complexity index is 551. The Labute approximate surface area is 143 Å². The first-order chi connectivity index (χ1) is 11.5. The van der Waals surface area contributed by atoms with Crippen molar-refractivity contribution in [1.82, 2.24) is 19.6 Å². The van der Waals surface area contributed by atoms with Gasteiger partial charge in [0.05, 0.1) is 24.1 Å². The van der Waals surface area contributed by atoms with E-state index in [1.807, 2.05) is 22.7 Å². The molecular weight excluding hydrogens is 306 g/mol. The van der Waals surface area contributed by atoms with Gasteiger partial charge in [-0.25, -0.2) is 4.79 Å². The van der Waals surface area contributed by atoms with Crippen molar-refractivity contribution < 1.29 is 9.53 Å². The molecule has 2 aliphatic rings. The first-order valence-corrected chi connectivity index (χ1v) is 9.03. The molecule has 0 bridgehead atoms. The zero-order valence-corrected chi connectivity index (χ0v) is 14.9. The largest absolute Gasteiger partial charge is 0.373 e. The Morgan fingerprint density at radius 1 is 1.38 bits per heavy atom. The smallest absolute Gasteiger partial charge is 0.322 e. The molecule has 0 aromatic carbocycles. The molecule has 2 aliphatic heterocycles. The lowest BCUT2D eigenvalue weighted by molar-refractivity contribution is -0.0712. The lowest BCUT2D eigenvalue weighted by Crippen LogP contribution is -2.51. The van der Waals surface area contributed by atoms with Crippen LogP contribution in [-0.2, 0) is 11.3 Å². The number of ether oxygens (including phenoxy) is 1. The number of aromatic nitrogens is 2. The van der Waals surface area contributed by atoms with Gasteiger partial charge in [0.15, 0.2) is 0 Å². The summed E-state index contributed by atoms with van der Waals surface area (Å²) in [4.78, 5) is 17.0. The number of carbonyl (C=O) groups excluding carboxylic acids is 1. The number of anilines is 1. The number of rotatable bonds is 4. The Morgan fingerprint density at radius 3 is 2.79 bits per heavy atom. The summed E-state index contributed by atoms with van der Waals surface area (Å²) in [5, 5.41) is 7.19. The molecule has 2 fully saturated rings. The number of hydrogen-bond donors (Lipinski definition) is 1. The van der Waals surface area contributed by atoms with Gasteiger partial charge in [0, 0.05) is 45.0 Å². The van der Waals surface area contributed by atoms with Crippen molar-refractivity contribution in [3.63, 3.8) is 0 Å². The highest BCUT2D eigenvalue weighted by molar-refractivity contribution is 5.89. The third-order valence-electron chi connectivity index (χ3n) is 4.81. The maximum atomic E-state index is 12.6. The lowest BCUT2D eigenvalue weighted by atomic mass is 10.1. The predicted octanol–water partition coefficient (Wildman–Crippen LogP) is 2.01. The van der Waals surface area contributed by atoms with Crippen molar-refractivity contribution >= 4 is 11.7 Å². The standard InChI is InChI=1S/C17H29N5O2/c1-4-21-11-15(8-18-21)19-17(23)22-7-5-6-16(22)12-20-9-13(2)24-14(3)10-20/h8,11,13-14,16H,4-7,9-10,12H2,1-3H3,(H,19,23)/t13-,14-,16+/m0/s1. The predicted molar refractivity (Wildman–Crippen MR) is 93.1 cm³/mol. The van der Waals surface area contributed by atoms with Gasteiger partial charge >= 0.3 is 6.03 Å². The molecule has 3 atom stereocenters. The monoisotopic (exact) mass is 335 g/mol. The number of urea groups is 1. The van der Waals surface area contributed by atoms with Gasteiger partial charge < -0.3 is 15.0 Å². The highest BCUT2D eigenvalue weighted by Gasteiger charge is 2.32. The summed E-state index contributed by atoms with van der Waals surface area (Å²) in [6.07, 6.45) is 6.24. The minimum Gasteiger partial charge on any atom is -0.373 e. The molecular formula is C17H29N5O2. The van der Waals surface area contributed by atoms with Gasteiger partial charge in [0.25, 0.3) is 0 Å². The molecule has 1 N–H and O–H groups in total. The Kier molecular flexibility index (Phi) is 5.40. The summed E-state index contributed by atoms with van der Waals surface area (Å²) < 4.78 is 7.62. The number of hydrogen-bond acceptors (Lipinski definition) is 4. The van der Waals surface area contributed by atoms with E-state index in [4.69, 9.17) is 4.74 Å². The molecule has 134 valence electrons. The van der Waals surface area contributed by atoms with Gasteiger partial charge in [0.1, 0.15) is 0 Å². The summed E-state index contributed by atoms with van der Waals surface area (Å²) in [6.45, 7) is 10.7. The van der Waals surface area contributed by atoms with E-state index in [9.17, 15) is 4.79 Å². The van der Waals surface area contributed by atoms with E-state index < -0.39 is 0 Å². The van der Waals surface area contributed by atoms with Crippen molar-refractivity contribution in [1.29, 1.82) is 0 Å². The Balaban J connectivity index is 1.57. The zero-order chi connectivity index (χ0) is 17.1. The van der Waals surface area contributed by atoms with Crippen LogP contribution in [0.2, 0.25) is 0 Å². The molecule has 24 heavy (non-hydrogen) atoms. The second kappa shape index (κ2) is 7.53. The summed E-state index contributed by atoms with van der Waals surface area (Å²) in [7, 11) is 0. The first-order valence-electron chi connectivity index (χ1n) is 9.03. The number of likely N-dealkylation sites (tertiary alicyclic amines) is 1. The quantitative estimate of drug-likeness (QED) is 0.914. The van der Waals surface area contributed by atoms with E-state index in [0.29, 0.717) is 0 Å². The van der Waals surface area contributed by atoms with Crippen molar-refractivity contribution in [3.8, 4) is 0 Å². The fourth-order valence-electron chi connectivity index (χ4n) is 3.82. The summed E-state index contributed by atoms with van der Waals surface area (Å²) in [6, 6.07) is 0.270. The van der Waals surface area contributed by atoms with E-state index in [2.05, 4.69) is 29.2 Å². The van der Waals surface area contributed by atoms with Crippen molar-refractivity contribution in [2.24, 2.45) is 0 Å². The second-order valence-electron chi connectivity index (χ2n) is 6.98. The Hall–Kier alpha value is -1.60.